The highest BCUT2D eigenvalue weighted by Gasteiger charge is 2.14. The summed E-state index contributed by atoms with van der Waals surface area (Å²) < 4.78 is 27.0. The molecule has 0 aliphatic rings. The molecule has 0 saturated carbocycles. The van der Waals surface area contributed by atoms with E-state index in [1.165, 1.54) is 5.56 Å². The smallest absolute Gasteiger partial charge is 0.240 e. The molecule has 0 spiro atoms. The summed E-state index contributed by atoms with van der Waals surface area (Å²) in [7, 11) is -3.48. The van der Waals surface area contributed by atoms with Crippen LogP contribution in [0.4, 0.5) is 0 Å². The Hall–Kier alpha value is -2.18. The van der Waals surface area contributed by atoms with Crippen LogP contribution in [0.1, 0.15) is 37.0 Å². The first-order valence-corrected chi connectivity index (χ1v) is 10.7. The van der Waals surface area contributed by atoms with E-state index in [-0.39, 0.29) is 16.7 Å². The zero-order valence-corrected chi connectivity index (χ0v) is 17.0. The van der Waals surface area contributed by atoms with Crippen LogP contribution in [-0.4, -0.2) is 20.9 Å². The summed E-state index contributed by atoms with van der Waals surface area (Å²) in [5, 5.41) is 2.91. The lowest BCUT2D eigenvalue weighted by Gasteiger charge is -2.10. The molecule has 27 heavy (non-hydrogen) atoms. The fraction of sp³-hybridized carbons (Fsp3) is 0.381. The second kappa shape index (κ2) is 9.67. The van der Waals surface area contributed by atoms with E-state index in [0.29, 0.717) is 25.9 Å². The molecule has 0 saturated heterocycles. The second-order valence-electron chi connectivity index (χ2n) is 7.16. The lowest BCUT2D eigenvalue weighted by molar-refractivity contribution is -0.121. The van der Waals surface area contributed by atoms with Gasteiger partial charge >= 0.3 is 0 Å². The first-order valence-electron chi connectivity index (χ1n) is 9.17. The van der Waals surface area contributed by atoms with E-state index in [1.54, 1.807) is 24.3 Å². The molecule has 6 heteroatoms. The van der Waals surface area contributed by atoms with Gasteiger partial charge in [0.2, 0.25) is 15.9 Å². The highest BCUT2D eigenvalue weighted by Crippen LogP contribution is 2.12. The van der Waals surface area contributed by atoms with Gasteiger partial charge in [0.15, 0.2) is 0 Å². The molecule has 0 unspecified atom stereocenters. The largest absolute Gasteiger partial charge is 0.352 e. The Bertz CT molecular complexity index is 859. The van der Waals surface area contributed by atoms with Crippen LogP contribution in [0.5, 0.6) is 0 Å². The molecule has 2 aromatic carbocycles. The van der Waals surface area contributed by atoms with Gasteiger partial charge in [0.1, 0.15) is 0 Å². The van der Waals surface area contributed by atoms with Crippen molar-refractivity contribution in [3.05, 3.63) is 65.2 Å². The first kappa shape index (κ1) is 21.1. The van der Waals surface area contributed by atoms with Crippen LogP contribution in [0.15, 0.2) is 53.4 Å². The fourth-order valence-corrected chi connectivity index (χ4v) is 3.78. The normalized spacial score (nSPS) is 11.6. The SMILES string of the molecule is Cc1cccc(CNC(=O)CCc2ccc(S(=O)(=O)NCC(C)C)cc2)c1. The molecule has 1 amide bonds. The highest BCUT2D eigenvalue weighted by molar-refractivity contribution is 7.89. The molecule has 5 nitrogen and oxygen atoms in total. The van der Waals surface area contributed by atoms with Crippen molar-refractivity contribution in [2.45, 2.75) is 45.1 Å². The Kier molecular flexibility index (Phi) is 7.56. The van der Waals surface area contributed by atoms with Crippen LogP contribution in [-0.2, 0) is 27.8 Å². The molecular weight excluding hydrogens is 360 g/mol. The minimum Gasteiger partial charge on any atom is -0.352 e. The van der Waals surface area contributed by atoms with Crippen LogP contribution in [0.3, 0.4) is 0 Å². The Labute approximate surface area is 162 Å². The predicted octanol–water partition coefficient (Wildman–Crippen LogP) is 3.18. The molecule has 2 N–H and O–H groups in total. The van der Waals surface area contributed by atoms with Crippen LogP contribution in [0, 0.1) is 12.8 Å². The maximum Gasteiger partial charge on any atom is 0.240 e. The van der Waals surface area contributed by atoms with E-state index in [1.807, 2.05) is 45.0 Å². The van der Waals surface area contributed by atoms with Gasteiger partial charge in [0, 0.05) is 19.5 Å². The summed E-state index contributed by atoms with van der Waals surface area (Å²) in [6.45, 7) is 6.85. The number of carbonyl (C=O) groups is 1. The minimum absolute atomic E-state index is 0.0215. The molecule has 0 aliphatic heterocycles. The van der Waals surface area contributed by atoms with Crippen molar-refractivity contribution in [3.8, 4) is 0 Å². The Morgan fingerprint density at radius 1 is 1.04 bits per heavy atom. The van der Waals surface area contributed by atoms with Gasteiger partial charge in [-0.3, -0.25) is 4.79 Å². The fourth-order valence-electron chi connectivity index (χ4n) is 2.56. The summed E-state index contributed by atoms with van der Waals surface area (Å²) in [4.78, 5) is 12.3. The third kappa shape index (κ3) is 7.15. The summed E-state index contributed by atoms with van der Waals surface area (Å²) in [5.41, 5.74) is 3.18. The summed E-state index contributed by atoms with van der Waals surface area (Å²) in [6.07, 6.45) is 0.933. The molecular formula is C21H28N2O3S. The molecule has 0 fully saturated rings. The Morgan fingerprint density at radius 2 is 1.74 bits per heavy atom. The number of benzene rings is 2. The standard InChI is InChI=1S/C21H28N2O3S/c1-16(2)14-23-27(25,26)20-10-7-18(8-11-20)9-12-21(24)22-15-19-6-4-5-17(3)13-19/h4-8,10-11,13,16,23H,9,12,14-15H2,1-3H3,(H,22,24). The summed E-state index contributed by atoms with van der Waals surface area (Å²) in [6, 6.07) is 14.7. The Morgan fingerprint density at radius 3 is 2.37 bits per heavy atom. The molecule has 0 aliphatic carbocycles. The van der Waals surface area contributed by atoms with E-state index in [4.69, 9.17) is 0 Å². The number of aryl methyl sites for hydroxylation is 2. The van der Waals surface area contributed by atoms with Crippen molar-refractivity contribution in [1.82, 2.24) is 10.0 Å². The third-order valence-electron chi connectivity index (χ3n) is 4.13. The van der Waals surface area contributed by atoms with Gasteiger partial charge in [0.05, 0.1) is 4.90 Å². The van der Waals surface area contributed by atoms with Crippen molar-refractivity contribution < 1.29 is 13.2 Å². The molecule has 2 rings (SSSR count). The number of nitrogens with one attached hydrogen (secondary N) is 2. The zero-order chi connectivity index (χ0) is 19.9. The maximum atomic E-state index is 12.2. The maximum absolute atomic E-state index is 12.2. The summed E-state index contributed by atoms with van der Waals surface area (Å²) in [5.74, 6) is 0.226. The molecule has 0 bridgehead atoms. The number of hydrogen-bond donors (Lipinski definition) is 2. The van der Waals surface area contributed by atoms with Crippen LogP contribution in [0.2, 0.25) is 0 Å². The first-order chi connectivity index (χ1) is 12.8. The van der Waals surface area contributed by atoms with Crippen molar-refractivity contribution >= 4 is 15.9 Å². The molecule has 0 heterocycles. The lowest BCUT2D eigenvalue weighted by Crippen LogP contribution is -2.27. The van der Waals surface area contributed by atoms with Gasteiger partial charge in [-0.15, -0.1) is 0 Å². The average molecular weight is 389 g/mol. The van der Waals surface area contributed by atoms with E-state index < -0.39 is 10.0 Å². The van der Waals surface area contributed by atoms with Crippen molar-refractivity contribution in [1.29, 1.82) is 0 Å². The van der Waals surface area contributed by atoms with Gasteiger partial charge in [-0.05, 0) is 42.5 Å². The van der Waals surface area contributed by atoms with Gasteiger partial charge < -0.3 is 5.32 Å². The third-order valence-corrected chi connectivity index (χ3v) is 5.57. The predicted molar refractivity (Wildman–Crippen MR) is 108 cm³/mol. The van der Waals surface area contributed by atoms with Crippen molar-refractivity contribution in [2.24, 2.45) is 5.92 Å². The second-order valence-corrected chi connectivity index (χ2v) is 8.92. The van der Waals surface area contributed by atoms with Gasteiger partial charge in [-0.2, -0.15) is 0 Å². The van der Waals surface area contributed by atoms with Crippen molar-refractivity contribution in [2.75, 3.05) is 6.54 Å². The number of rotatable bonds is 9. The molecule has 0 radical (unpaired) electrons. The van der Waals surface area contributed by atoms with E-state index in [2.05, 4.69) is 10.0 Å². The van der Waals surface area contributed by atoms with E-state index in [0.717, 1.165) is 11.1 Å². The van der Waals surface area contributed by atoms with Crippen LogP contribution in [0.25, 0.3) is 0 Å². The Balaban J connectivity index is 1.83. The number of hydrogen-bond acceptors (Lipinski definition) is 3. The number of carbonyl (C=O) groups excluding carboxylic acids is 1. The zero-order valence-electron chi connectivity index (χ0n) is 16.2. The van der Waals surface area contributed by atoms with Crippen LogP contribution >= 0.6 is 0 Å². The highest BCUT2D eigenvalue weighted by atomic mass is 32.2. The van der Waals surface area contributed by atoms with Gasteiger partial charge in [0.25, 0.3) is 0 Å². The van der Waals surface area contributed by atoms with Crippen molar-refractivity contribution in [3.63, 3.8) is 0 Å². The molecule has 0 aromatic heterocycles. The monoisotopic (exact) mass is 388 g/mol. The topological polar surface area (TPSA) is 75.3 Å². The number of sulfonamides is 1. The van der Waals surface area contributed by atoms with Gasteiger partial charge in [-0.25, -0.2) is 13.1 Å². The molecule has 146 valence electrons. The molecule has 2 aromatic rings. The molecule has 0 atom stereocenters. The van der Waals surface area contributed by atoms with Crippen LogP contribution < -0.4 is 10.0 Å². The number of amides is 1. The average Bonchev–Trinajstić information content (AvgIpc) is 2.63. The summed E-state index contributed by atoms with van der Waals surface area (Å²) >= 11 is 0. The van der Waals surface area contributed by atoms with Gasteiger partial charge in [-0.1, -0.05) is 55.8 Å². The van der Waals surface area contributed by atoms with E-state index in [9.17, 15) is 13.2 Å². The minimum atomic E-state index is -3.48. The van der Waals surface area contributed by atoms with E-state index >= 15 is 0 Å². The lowest BCUT2D eigenvalue weighted by atomic mass is 10.1. The quantitative estimate of drug-likeness (QED) is 0.693.